The second-order valence-corrected chi connectivity index (χ2v) is 6.15. The molecule has 0 fully saturated rings. The zero-order valence-electron chi connectivity index (χ0n) is 14.4. The van der Waals surface area contributed by atoms with Gasteiger partial charge in [-0.05, 0) is 36.4 Å². The van der Waals surface area contributed by atoms with Gasteiger partial charge in [0.2, 0.25) is 5.91 Å². The van der Waals surface area contributed by atoms with Crippen molar-refractivity contribution in [2.24, 2.45) is 0 Å². The second-order valence-electron chi connectivity index (χ2n) is 5.75. The van der Waals surface area contributed by atoms with E-state index in [0.717, 1.165) is 0 Å². The van der Waals surface area contributed by atoms with E-state index in [9.17, 15) is 9.59 Å². The van der Waals surface area contributed by atoms with Crippen molar-refractivity contribution < 1.29 is 9.59 Å². The molecule has 0 radical (unpaired) electrons. The summed E-state index contributed by atoms with van der Waals surface area (Å²) in [5.74, 6) is -0.516. The molecule has 0 saturated carbocycles. The Morgan fingerprint density at radius 1 is 0.741 bits per heavy atom. The quantitative estimate of drug-likeness (QED) is 0.584. The Kier molecular flexibility index (Phi) is 6.07. The Labute approximate surface area is 162 Å². The van der Waals surface area contributed by atoms with Crippen molar-refractivity contribution in [3.63, 3.8) is 0 Å². The molecule has 0 unspecified atom stereocenters. The van der Waals surface area contributed by atoms with Crippen LogP contribution in [0.15, 0.2) is 78.9 Å². The van der Waals surface area contributed by atoms with Crippen LogP contribution in [-0.4, -0.2) is 18.4 Å². The second kappa shape index (κ2) is 8.87. The van der Waals surface area contributed by atoms with Crippen LogP contribution in [0.3, 0.4) is 0 Å². The Bertz CT molecular complexity index is 945. The van der Waals surface area contributed by atoms with Gasteiger partial charge in [-0.3, -0.25) is 9.59 Å². The summed E-state index contributed by atoms with van der Waals surface area (Å²) in [6, 6.07) is 23.2. The highest BCUT2D eigenvalue weighted by Crippen LogP contribution is 2.21. The summed E-state index contributed by atoms with van der Waals surface area (Å²) in [5.41, 5.74) is 2.27. The lowest BCUT2D eigenvalue weighted by molar-refractivity contribution is -0.114. The van der Waals surface area contributed by atoms with Gasteiger partial charge in [0.25, 0.3) is 5.91 Å². The zero-order chi connectivity index (χ0) is 19.1. The van der Waals surface area contributed by atoms with Gasteiger partial charge in [0, 0.05) is 11.4 Å². The van der Waals surface area contributed by atoms with Crippen LogP contribution in [-0.2, 0) is 4.79 Å². The number of hydrogen-bond acceptors (Lipinski definition) is 3. The van der Waals surface area contributed by atoms with Gasteiger partial charge in [0.1, 0.15) is 0 Å². The molecule has 0 aliphatic rings. The van der Waals surface area contributed by atoms with E-state index >= 15 is 0 Å². The first-order valence-electron chi connectivity index (χ1n) is 8.37. The number of carbonyl (C=O) groups is 2. The minimum Gasteiger partial charge on any atom is -0.376 e. The first-order chi connectivity index (χ1) is 13.1. The van der Waals surface area contributed by atoms with E-state index in [1.807, 2.05) is 30.3 Å². The van der Waals surface area contributed by atoms with E-state index in [0.29, 0.717) is 27.6 Å². The third-order valence-corrected chi connectivity index (χ3v) is 4.12. The molecule has 136 valence electrons. The van der Waals surface area contributed by atoms with Crippen LogP contribution in [0.4, 0.5) is 17.1 Å². The fourth-order valence-corrected chi connectivity index (χ4v) is 2.67. The van der Waals surface area contributed by atoms with Gasteiger partial charge in [0.15, 0.2) is 0 Å². The third kappa shape index (κ3) is 5.09. The molecular formula is C21H18ClN3O2. The van der Waals surface area contributed by atoms with Crippen molar-refractivity contribution in [1.29, 1.82) is 0 Å². The van der Waals surface area contributed by atoms with Gasteiger partial charge >= 0.3 is 0 Å². The number of halogens is 1. The largest absolute Gasteiger partial charge is 0.376 e. The van der Waals surface area contributed by atoms with Crippen LogP contribution < -0.4 is 16.0 Å². The average molecular weight is 380 g/mol. The summed E-state index contributed by atoms with van der Waals surface area (Å²) in [7, 11) is 0. The maximum absolute atomic E-state index is 12.5. The molecule has 3 aromatic rings. The number of rotatable bonds is 6. The molecule has 3 rings (SSSR count). The minimum absolute atomic E-state index is 0.000847. The molecule has 0 bridgehead atoms. The van der Waals surface area contributed by atoms with Gasteiger partial charge in [-0.1, -0.05) is 54.1 Å². The fourth-order valence-electron chi connectivity index (χ4n) is 2.49. The lowest BCUT2D eigenvalue weighted by Crippen LogP contribution is -2.23. The lowest BCUT2D eigenvalue weighted by atomic mass is 10.1. The predicted molar refractivity (Wildman–Crippen MR) is 109 cm³/mol. The van der Waals surface area contributed by atoms with E-state index in [-0.39, 0.29) is 18.4 Å². The Morgan fingerprint density at radius 2 is 1.37 bits per heavy atom. The van der Waals surface area contributed by atoms with E-state index in [1.54, 1.807) is 48.5 Å². The number of nitrogens with one attached hydrogen (secondary N) is 3. The summed E-state index contributed by atoms with van der Waals surface area (Å²) < 4.78 is 0. The van der Waals surface area contributed by atoms with Crippen LogP contribution in [0.1, 0.15) is 10.4 Å². The minimum atomic E-state index is -0.263. The Hall–Kier alpha value is -3.31. The van der Waals surface area contributed by atoms with E-state index in [4.69, 9.17) is 11.6 Å². The smallest absolute Gasteiger partial charge is 0.257 e. The molecule has 5 nitrogen and oxygen atoms in total. The fraction of sp³-hybridized carbons (Fsp3) is 0.0476. The molecule has 27 heavy (non-hydrogen) atoms. The van der Waals surface area contributed by atoms with Crippen molar-refractivity contribution in [3.8, 4) is 0 Å². The highest BCUT2D eigenvalue weighted by atomic mass is 35.5. The Balaban J connectivity index is 1.64. The molecule has 0 heterocycles. The topological polar surface area (TPSA) is 70.2 Å². The summed E-state index contributed by atoms with van der Waals surface area (Å²) >= 11 is 6.04. The average Bonchev–Trinajstić information content (AvgIpc) is 2.69. The summed E-state index contributed by atoms with van der Waals surface area (Å²) in [4.78, 5) is 24.7. The highest BCUT2D eigenvalue weighted by Gasteiger charge is 2.12. The van der Waals surface area contributed by atoms with Crippen molar-refractivity contribution in [2.75, 3.05) is 22.5 Å². The molecule has 3 aromatic carbocycles. The Morgan fingerprint density at radius 3 is 2.11 bits per heavy atom. The van der Waals surface area contributed by atoms with Crippen molar-refractivity contribution in [2.45, 2.75) is 0 Å². The number of para-hydroxylation sites is 3. The normalized spacial score (nSPS) is 10.1. The highest BCUT2D eigenvalue weighted by molar-refractivity contribution is 6.33. The van der Waals surface area contributed by atoms with E-state index in [1.165, 1.54) is 0 Å². The van der Waals surface area contributed by atoms with Gasteiger partial charge < -0.3 is 16.0 Å². The monoisotopic (exact) mass is 379 g/mol. The first-order valence-corrected chi connectivity index (χ1v) is 8.75. The molecule has 0 aromatic heterocycles. The van der Waals surface area contributed by atoms with Crippen LogP contribution >= 0.6 is 11.6 Å². The number of benzene rings is 3. The number of amides is 2. The van der Waals surface area contributed by atoms with Gasteiger partial charge in [-0.25, -0.2) is 0 Å². The molecule has 6 heteroatoms. The SMILES string of the molecule is O=C(CNc1ccccc1C(=O)Nc1ccccc1)Nc1ccccc1Cl. The zero-order valence-corrected chi connectivity index (χ0v) is 15.2. The van der Waals surface area contributed by atoms with E-state index < -0.39 is 0 Å². The van der Waals surface area contributed by atoms with E-state index in [2.05, 4.69) is 16.0 Å². The predicted octanol–water partition coefficient (Wildman–Crippen LogP) is 4.64. The molecule has 0 spiro atoms. The molecule has 0 aliphatic heterocycles. The molecule has 0 aliphatic carbocycles. The van der Waals surface area contributed by atoms with Crippen LogP contribution in [0, 0.1) is 0 Å². The summed E-state index contributed by atoms with van der Waals surface area (Å²) in [5, 5.41) is 9.04. The third-order valence-electron chi connectivity index (χ3n) is 3.79. The van der Waals surface area contributed by atoms with Crippen LogP contribution in [0.2, 0.25) is 5.02 Å². The van der Waals surface area contributed by atoms with Crippen molar-refractivity contribution in [3.05, 3.63) is 89.4 Å². The molecular weight excluding hydrogens is 362 g/mol. The molecule has 0 atom stereocenters. The van der Waals surface area contributed by atoms with Gasteiger partial charge in [0.05, 0.1) is 22.8 Å². The van der Waals surface area contributed by atoms with Crippen molar-refractivity contribution in [1.82, 2.24) is 0 Å². The number of anilines is 3. The number of carbonyl (C=O) groups excluding carboxylic acids is 2. The van der Waals surface area contributed by atoms with Crippen molar-refractivity contribution >= 4 is 40.5 Å². The maximum Gasteiger partial charge on any atom is 0.257 e. The summed E-state index contributed by atoms with van der Waals surface area (Å²) in [6.07, 6.45) is 0. The number of hydrogen-bond donors (Lipinski definition) is 3. The first kappa shape index (κ1) is 18.5. The maximum atomic E-state index is 12.5. The summed E-state index contributed by atoms with van der Waals surface area (Å²) in [6.45, 7) is 0.000847. The molecule has 0 saturated heterocycles. The lowest BCUT2D eigenvalue weighted by Gasteiger charge is -2.13. The van der Waals surface area contributed by atoms with Crippen LogP contribution in [0.5, 0.6) is 0 Å². The molecule has 3 N–H and O–H groups in total. The van der Waals surface area contributed by atoms with Crippen LogP contribution in [0.25, 0.3) is 0 Å². The van der Waals surface area contributed by atoms with Gasteiger partial charge in [-0.15, -0.1) is 0 Å². The molecule has 2 amide bonds. The standard InChI is InChI=1S/C21H18ClN3O2/c22-17-11-5-7-13-19(17)25-20(26)14-23-18-12-6-4-10-16(18)21(27)24-15-8-2-1-3-9-15/h1-13,23H,14H2,(H,24,27)(H,25,26). The van der Waals surface area contributed by atoms with Gasteiger partial charge in [-0.2, -0.15) is 0 Å².